The number of aryl methyl sites for hydroxylation is 1. The van der Waals surface area contributed by atoms with Gasteiger partial charge in [0.15, 0.2) is 0 Å². The minimum absolute atomic E-state index is 0.00453. The Hall–Kier alpha value is -2.14. The van der Waals surface area contributed by atoms with Crippen molar-refractivity contribution in [3.8, 4) is 11.3 Å². The Balaban J connectivity index is 1.89. The van der Waals surface area contributed by atoms with E-state index in [2.05, 4.69) is 5.10 Å². The maximum absolute atomic E-state index is 12.8. The van der Waals surface area contributed by atoms with Gasteiger partial charge in [0, 0.05) is 31.6 Å². The number of nitrogens with zero attached hydrogens (tertiary/aromatic N) is 3. The topological polar surface area (TPSA) is 58.4 Å². The van der Waals surface area contributed by atoms with Crippen molar-refractivity contribution in [1.82, 2.24) is 14.7 Å². The molecule has 2 aromatic rings. The van der Waals surface area contributed by atoms with E-state index in [0.717, 1.165) is 17.7 Å². The molecular formula is C17H21N3O2. The largest absolute Gasteiger partial charge is 0.393 e. The van der Waals surface area contributed by atoms with Crippen LogP contribution in [0.3, 0.4) is 0 Å². The third-order valence-corrected chi connectivity index (χ3v) is 4.41. The first kappa shape index (κ1) is 14.8. The number of benzene rings is 1. The number of hydrogen-bond acceptors (Lipinski definition) is 3. The summed E-state index contributed by atoms with van der Waals surface area (Å²) in [5.41, 5.74) is 2.45. The zero-order chi connectivity index (χ0) is 15.7. The van der Waals surface area contributed by atoms with E-state index in [-0.39, 0.29) is 17.9 Å². The van der Waals surface area contributed by atoms with Gasteiger partial charge < -0.3 is 10.0 Å². The van der Waals surface area contributed by atoms with Gasteiger partial charge in [0.25, 0.3) is 5.91 Å². The minimum atomic E-state index is -0.375. The van der Waals surface area contributed by atoms with Gasteiger partial charge in [-0.05, 0) is 13.3 Å². The molecule has 22 heavy (non-hydrogen) atoms. The highest BCUT2D eigenvalue weighted by molar-refractivity contribution is 6.00. The smallest absolute Gasteiger partial charge is 0.257 e. The van der Waals surface area contributed by atoms with Crippen molar-refractivity contribution in [2.45, 2.75) is 19.4 Å². The Labute approximate surface area is 130 Å². The maximum atomic E-state index is 12.8. The molecular weight excluding hydrogens is 278 g/mol. The molecule has 1 amide bonds. The Morgan fingerprint density at radius 1 is 1.36 bits per heavy atom. The van der Waals surface area contributed by atoms with E-state index >= 15 is 0 Å². The summed E-state index contributed by atoms with van der Waals surface area (Å²) >= 11 is 0. The van der Waals surface area contributed by atoms with Crippen LogP contribution in [0, 0.1) is 5.92 Å². The highest BCUT2D eigenvalue weighted by Gasteiger charge is 2.31. The summed E-state index contributed by atoms with van der Waals surface area (Å²) in [6, 6.07) is 9.83. The first-order chi connectivity index (χ1) is 10.6. The molecule has 5 nitrogen and oxygen atoms in total. The SMILES string of the molecule is CC(O)C1CCN(C(=O)c2cnn(C)c2-c2ccccc2)C1. The monoisotopic (exact) mass is 299 g/mol. The Bertz CT molecular complexity index is 664. The van der Waals surface area contributed by atoms with Crippen molar-refractivity contribution < 1.29 is 9.90 Å². The molecule has 2 atom stereocenters. The van der Waals surface area contributed by atoms with Crippen LogP contribution in [0.1, 0.15) is 23.7 Å². The molecule has 1 saturated heterocycles. The number of carbonyl (C=O) groups excluding carboxylic acids is 1. The van der Waals surface area contributed by atoms with Crippen LogP contribution in [0.15, 0.2) is 36.5 Å². The van der Waals surface area contributed by atoms with Crippen LogP contribution in [0.4, 0.5) is 0 Å². The predicted octanol–water partition coefficient (Wildman–Crippen LogP) is 1.93. The van der Waals surface area contributed by atoms with Gasteiger partial charge in [-0.3, -0.25) is 9.48 Å². The van der Waals surface area contributed by atoms with Crippen LogP contribution in [-0.4, -0.2) is 44.9 Å². The molecule has 1 aromatic heterocycles. The normalized spacial score (nSPS) is 19.4. The predicted molar refractivity (Wildman–Crippen MR) is 84.3 cm³/mol. The summed E-state index contributed by atoms with van der Waals surface area (Å²) in [4.78, 5) is 14.6. The average Bonchev–Trinajstić information content (AvgIpc) is 3.14. The summed E-state index contributed by atoms with van der Waals surface area (Å²) < 4.78 is 1.74. The number of amides is 1. The maximum Gasteiger partial charge on any atom is 0.257 e. The molecule has 5 heteroatoms. The van der Waals surface area contributed by atoms with Crippen LogP contribution >= 0.6 is 0 Å². The lowest BCUT2D eigenvalue weighted by Gasteiger charge is -2.18. The lowest BCUT2D eigenvalue weighted by Crippen LogP contribution is -2.30. The quantitative estimate of drug-likeness (QED) is 0.942. The van der Waals surface area contributed by atoms with Gasteiger partial charge in [0.1, 0.15) is 0 Å². The van der Waals surface area contributed by atoms with Gasteiger partial charge >= 0.3 is 0 Å². The van der Waals surface area contributed by atoms with Crippen LogP contribution in [-0.2, 0) is 7.05 Å². The molecule has 3 rings (SSSR count). The van der Waals surface area contributed by atoms with Crippen LogP contribution in [0.2, 0.25) is 0 Å². The first-order valence-electron chi connectivity index (χ1n) is 7.62. The van der Waals surface area contributed by atoms with Gasteiger partial charge in [0.05, 0.1) is 23.6 Å². The van der Waals surface area contributed by atoms with Gasteiger partial charge in [-0.2, -0.15) is 5.10 Å². The number of aliphatic hydroxyl groups excluding tert-OH is 1. The number of rotatable bonds is 3. The van der Waals surface area contributed by atoms with Crippen molar-refractivity contribution in [3.05, 3.63) is 42.1 Å². The second-order valence-electron chi connectivity index (χ2n) is 5.94. The highest BCUT2D eigenvalue weighted by Crippen LogP contribution is 2.27. The summed E-state index contributed by atoms with van der Waals surface area (Å²) in [7, 11) is 1.85. The zero-order valence-corrected chi connectivity index (χ0v) is 12.9. The van der Waals surface area contributed by atoms with Crippen LogP contribution in [0.25, 0.3) is 11.3 Å². The van der Waals surface area contributed by atoms with Crippen molar-refractivity contribution in [3.63, 3.8) is 0 Å². The van der Waals surface area contributed by atoms with E-state index in [1.807, 2.05) is 42.3 Å². The third-order valence-electron chi connectivity index (χ3n) is 4.41. The molecule has 0 saturated carbocycles. The van der Waals surface area contributed by atoms with E-state index in [4.69, 9.17) is 0 Å². The van der Waals surface area contributed by atoms with Crippen molar-refractivity contribution in [2.75, 3.05) is 13.1 Å². The van der Waals surface area contributed by atoms with Crippen molar-refractivity contribution in [1.29, 1.82) is 0 Å². The summed E-state index contributed by atoms with van der Waals surface area (Å²) in [6.07, 6.45) is 2.12. The van der Waals surface area contributed by atoms with Gasteiger partial charge in [-0.1, -0.05) is 30.3 Å². The van der Waals surface area contributed by atoms with Gasteiger partial charge in [-0.15, -0.1) is 0 Å². The minimum Gasteiger partial charge on any atom is -0.393 e. The fourth-order valence-electron chi connectivity index (χ4n) is 3.07. The van der Waals surface area contributed by atoms with Crippen LogP contribution in [0.5, 0.6) is 0 Å². The lowest BCUT2D eigenvalue weighted by atomic mass is 10.0. The average molecular weight is 299 g/mol. The van der Waals surface area contributed by atoms with Gasteiger partial charge in [-0.25, -0.2) is 0 Å². The summed E-state index contributed by atoms with van der Waals surface area (Å²) in [5.74, 6) is 0.163. The number of hydrogen-bond donors (Lipinski definition) is 1. The molecule has 0 spiro atoms. The molecule has 0 aliphatic carbocycles. The number of aromatic nitrogens is 2. The Kier molecular flexibility index (Phi) is 3.98. The highest BCUT2D eigenvalue weighted by atomic mass is 16.3. The first-order valence-corrected chi connectivity index (χ1v) is 7.62. The summed E-state index contributed by atoms with van der Waals surface area (Å²) in [6.45, 7) is 3.09. The van der Waals surface area contributed by atoms with Crippen molar-refractivity contribution in [2.24, 2.45) is 13.0 Å². The van der Waals surface area contributed by atoms with Crippen molar-refractivity contribution >= 4 is 5.91 Å². The third kappa shape index (κ3) is 2.64. The number of aliphatic hydroxyl groups is 1. The zero-order valence-electron chi connectivity index (χ0n) is 12.9. The molecule has 2 unspecified atom stereocenters. The second kappa shape index (κ2) is 5.93. The van der Waals surface area contributed by atoms with E-state index in [9.17, 15) is 9.90 Å². The molecule has 1 fully saturated rings. The molecule has 0 bridgehead atoms. The standard InChI is InChI=1S/C17H21N3O2/c1-12(21)14-8-9-20(11-14)17(22)15-10-18-19(2)16(15)13-6-4-3-5-7-13/h3-7,10,12,14,21H,8-9,11H2,1-2H3. The molecule has 2 heterocycles. The van der Waals surface area contributed by atoms with E-state index in [1.165, 1.54) is 0 Å². The second-order valence-corrected chi connectivity index (χ2v) is 5.94. The van der Waals surface area contributed by atoms with E-state index < -0.39 is 0 Å². The van der Waals surface area contributed by atoms with E-state index in [1.54, 1.807) is 17.8 Å². The Morgan fingerprint density at radius 3 is 2.73 bits per heavy atom. The number of carbonyl (C=O) groups is 1. The summed E-state index contributed by atoms with van der Waals surface area (Å²) in [5, 5.41) is 14.0. The molecule has 1 aromatic carbocycles. The fraction of sp³-hybridized carbons (Fsp3) is 0.412. The number of likely N-dealkylation sites (tertiary alicyclic amines) is 1. The Morgan fingerprint density at radius 2 is 2.09 bits per heavy atom. The molecule has 1 N–H and O–H groups in total. The molecule has 1 aliphatic rings. The molecule has 0 radical (unpaired) electrons. The molecule has 116 valence electrons. The molecule has 1 aliphatic heterocycles. The lowest BCUT2D eigenvalue weighted by molar-refractivity contribution is 0.0763. The van der Waals surface area contributed by atoms with Gasteiger partial charge in [0.2, 0.25) is 0 Å². The van der Waals surface area contributed by atoms with E-state index in [0.29, 0.717) is 18.7 Å². The van der Waals surface area contributed by atoms with Crippen LogP contribution < -0.4 is 0 Å². The fourth-order valence-corrected chi connectivity index (χ4v) is 3.07.